The van der Waals surface area contributed by atoms with Crippen molar-refractivity contribution in [1.29, 1.82) is 0 Å². The van der Waals surface area contributed by atoms with Crippen LogP contribution in [0.15, 0.2) is 0 Å². The maximum Gasteiger partial charge on any atom is -0.0809 e. The molecule has 0 bridgehead atoms. The Morgan fingerprint density at radius 3 is 1.93 bits per heavy atom. The van der Waals surface area contributed by atoms with Gasteiger partial charge in [0, 0.05) is 0 Å². The predicted molar refractivity (Wildman–Crippen MR) is 68.3 cm³/mol. The monoisotopic (exact) mass is 343 g/mol. The minimum Gasteiger partial charge on any atom is -0.855 e. The molecule has 92 valence electrons. The predicted octanol–water partition coefficient (Wildman–Crippen LogP) is -0.0985. The van der Waals surface area contributed by atoms with Crippen LogP contribution in [0.4, 0.5) is 0 Å². The van der Waals surface area contributed by atoms with Crippen molar-refractivity contribution in [2.24, 2.45) is 5.73 Å². The summed E-state index contributed by atoms with van der Waals surface area (Å²) in [6, 6.07) is 0. The largest absolute Gasteiger partial charge is 0.855 e. The maximum atomic E-state index is 8.93. The van der Waals surface area contributed by atoms with E-state index in [2.05, 4.69) is 18.7 Å². The second kappa shape index (κ2) is 29.4. The standard InChI is InChI=1S/C3H8N.C3H7S.2C2H5O.Sn/c1-2-3-4;1-3-4-2;2*1-2-3;/h1-4H2;2-3H2,1H3;2*2H2,1H3;/q;;2*-1;+2. The van der Waals surface area contributed by atoms with Crippen LogP contribution in [-0.4, -0.2) is 50.4 Å². The van der Waals surface area contributed by atoms with Gasteiger partial charge in [-0.15, -0.1) is 13.2 Å². The molecule has 0 aliphatic heterocycles. The zero-order valence-corrected chi connectivity index (χ0v) is 13.9. The first kappa shape index (κ1) is 21.3. The Hall–Kier alpha value is 1.03. The number of hydrogen-bond donors (Lipinski definition) is 1. The van der Waals surface area contributed by atoms with E-state index in [1.54, 1.807) is 13.8 Å². The van der Waals surface area contributed by atoms with Crippen molar-refractivity contribution < 1.29 is 10.2 Å². The average Bonchev–Trinajstić information content (AvgIpc) is 2.20. The summed E-state index contributed by atoms with van der Waals surface area (Å²) in [4.78, 5) is 0. The van der Waals surface area contributed by atoms with Crippen LogP contribution in [0.5, 0.6) is 0 Å². The molecule has 0 unspecified atom stereocenters. The summed E-state index contributed by atoms with van der Waals surface area (Å²) in [6.07, 6.45) is 1.27. The molecule has 15 heavy (non-hydrogen) atoms. The van der Waals surface area contributed by atoms with Crippen LogP contribution in [0.2, 0.25) is 4.44 Å². The zero-order valence-electron chi connectivity index (χ0n) is 10.3. The van der Waals surface area contributed by atoms with E-state index in [1.165, 1.54) is 20.4 Å². The van der Waals surface area contributed by atoms with E-state index in [0.717, 1.165) is 6.54 Å². The average molecular weight is 342 g/mol. The van der Waals surface area contributed by atoms with Gasteiger partial charge in [0.05, 0.1) is 0 Å². The van der Waals surface area contributed by atoms with Crippen molar-refractivity contribution in [1.82, 2.24) is 0 Å². The molecule has 0 saturated carbocycles. The van der Waals surface area contributed by atoms with Gasteiger partial charge in [0.25, 0.3) is 0 Å². The summed E-state index contributed by atoms with van der Waals surface area (Å²) in [5.74, 6) is 1.30. The molecule has 0 saturated heterocycles. The van der Waals surface area contributed by atoms with Crippen LogP contribution in [0.3, 0.4) is 0 Å². The summed E-state index contributed by atoms with van der Waals surface area (Å²) in [7, 11) is 0. The summed E-state index contributed by atoms with van der Waals surface area (Å²) >= 11 is 2.13. The van der Waals surface area contributed by atoms with Crippen molar-refractivity contribution in [2.45, 2.75) is 31.6 Å². The van der Waals surface area contributed by atoms with Gasteiger partial charge in [-0.1, -0.05) is 13.8 Å². The second-order valence-electron chi connectivity index (χ2n) is 2.36. The summed E-state index contributed by atoms with van der Waals surface area (Å²) in [5.41, 5.74) is 5.36. The molecule has 2 N–H and O–H groups in total. The Bertz CT molecular complexity index is 72.4. The molecular formula is C10H25NO2SSn. The van der Waals surface area contributed by atoms with Gasteiger partial charge in [0.1, 0.15) is 0 Å². The molecule has 0 atom stereocenters. The molecule has 0 rings (SSSR count). The Morgan fingerprint density at radius 1 is 1.13 bits per heavy atom. The molecule has 0 aliphatic rings. The molecule has 5 heteroatoms. The molecule has 0 fully saturated rings. The van der Waals surface area contributed by atoms with E-state index in [4.69, 9.17) is 15.9 Å². The van der Waals surface area contributed by atoms with E-state index in [9.17, 15) is 0 Å². The van der Waals surface area contributed by atoms with Crippen molar-refractivity contribution >= 4 is 32.9 Å². The fraction of sp³-hybridized carbons (Fsp3) is 1.00. The number of nitrogens with two attached hydrogens (primary N) is 1. The SMILES string of the molecule is CCS[CH2][Sn+2][CH2]CCN.CC[O-].CC[O-]. The summed E-state index contributed by atoms with van der Waals surface area (Å²) in [6.45, 7) is 6.27. The topological polar surface area (TPSA) is 72.1 Å². The third-order valence-corrected chi connectivity index (χ3v) is 7.30. The van der Waals surface area contributed by atoms with Gasteiger partial charge in [-0.05, 0) is 0 Å². The number of hydrogen-bond acceptors (Lipinski definition) is 4. The van der Waals surface area contributed by atoms with Crippen LogP contribution in [0, 0.1) is 0 Å². The minimum absolute atomic E-state index is 0. The van der Waals surface area contributed by atoms with E-state index in [1.807, 2.05) is 0 Å². The molecule has 0 aromatic carbocycles. The van der Waals surface area contributed by atoms with Gasteiger partial charge < -0.3 is 10.2 Å². The third kappa shape index (κ3) is 51.6. The number of thioether (sulfide) groups is 1. The van der Waals surface area contributed by atoms with Crippen LogP contribution in [-0.2, 0) is 0 Å². The first-order valence-corrected chi connectivity index (χ1v) is 10.6. The quantitative estimate of drug-likeness (QED) is 0.541. The van der Waals surface area contributed by atoms with Gasteiger partial charge in [-0.25, -0.2) is 0 Å². The molecule has 0 aromatic rings. The van der Waals surface area contributed by atoms with E-state index in [-0.39, 0.29) is 34.4 Å². The molecule has 0 radical (unpaired) electrons. The third-order valence-electron chi connectivity index (χ3n) is 0.966. The Balaban J connectivity index is -0.000000200. The zero-order chi connectivity index (χ0) is 12.4. The Labute approximate surface area is 109 Å². The minimum atomic E-state index is 0. The Morgan fingerprint density at radius 2 is 1.60 bits per heavy atom. The van der Waals surface area contributed by atoms with E-state index >= 15 is 0 Å². The van der Waals surface area contributed by atoms with Crippen molar-refractivity contribution in [3.8, 4) is 0 Å². The second-order valence-corrected chi connectivity index (χ2v) is 8.96. The smallest absolute Gasteiger partial charge is 0.0809 e. The molecule has 0 spiro atoms. The summed E-state index contributed by atoms with van der Waals surface area (Å²) in [5, 5.41) is 17.9. The van der Waals surface area contributed by atoms with Crippen molar-refractivity contribution in [3.63, 3.8) is 0 Å². The normalized spacial score (nSPS) is 7.87. The van der Waals surface area contributed by atoms with E-state index in [0.29, 0.717) is 0 Å². The molecular weight excluding hydrogens is 317 g/mol. The van der Waals surface area contributed by atoms with Crippen LogP contribution >= 0.6 is 11.8 Å². The van der Waals surface area contributed by atoms with Gasteiger partial charge in [-0.2, -0.15) is 0 Å². The molecule has 0 aromatic heterocycles. The maximum absolute atomic E-state index is 8.93. The summed E-state index contributed by atoms with van der Waals surface area (Å²) < 4.78 is 2.96. The molecule has 0 amide bonds. The van der Waals surface area contributed by atoms with Crippen molar-refractivity contribution in [2.75, 3.05) is 29.3 Å². The molecule has 0 heterocycles. The van der Waals surface area contributed by atoms with Gasteiger partial charge in [-0.3, -0.25) is 0 Å². The fourth-order valence-electron chi connectivity index (χ4n) is 0.473. The fourth-order valence-corrected chi connectivity index (χ4v) is 6.48. The van der Waals surface area contributed by atoms with Gasteiger partial charge >= 0.3 is 72.5 Å². The van der Waals surface area contributed by atoms with Gasteiger partial charge in [0.2, 0.25) is 0 Å². The van der Waals surface area contributed by atoms with Crippen molar-refractivity contribution in [3.05, 3.63) is 0 Å². The Kier molecular flexibility index (Phi) is 41.8. The molecule has 3 nitrogen and oxygen atoms in total. The van der Waals surface area contributed by atoms with Crippen LogP contribution < -0.4 is 15.9 Å². The number of rotatable bonds is 6. The van der Waals surface area contributed by atoms with Crippen LogP contribution in [0.25, 0.3) is 0 Å². The molecule has 0 aliphatic carbocycles. The van der Waals surface area contributed by atoms with Crippen LogP contribution in [0.1, 0.15) is 27.2 Å². The van der Waals surface area contributed by atoms with Gasteiger partial charge in [0.15, 0.2) is 0 Å². The first-order chi connectivity index (χ1) is 7.24. The first-order valence-electron chi connectivity index (χ1n) is 5.39. The van der Waals surface area contributed by atoms with E-state index < -0.39 is 0 Å².